The van der Waals surface area contributed by atoms with Crippen molar-refractivity contribution in [3.8, 4) is 0 Å². The van der Waals surface area contributed by atoms with Gasteiger partial charge in [-0.1, -0.05) is 0 Å². The minimum absolute atomic E-state index is 0.0377. The number of nitrogens with zero attached hydrogens (tertiary/aromatic N) is 4. The fraction of sp³-hybridized carbons (Fsp3) is 0.395. The highest BCUT2D eigenvalue weighted by Gasteiger charge is 2.32. The van der Waals surface area contributed by atoms with E-state index in [-0.39, 0.29) is 52.6 Å². The van der Waals surface area contributed by atoms with Gasteiger partial charge in [-0.25, -0.2) is 9.18 Å². The highest BCUT2D eigenvalue weighted by molar-refractivity contribution is 6.07. The number of rotatable bonds is 8. The van der Waals surface area contributed by atoms with E-state index in [1.807, 2.05) is 0 Å². The molecular weight excluding hydrogens is 701 g/mol. The molecule has 0 bridgehead atoms. The summed E-state index contributed by atoms with van der Waals surface area (Å²) in [4.78, 5) is 59.0. The molecule has 0 aliphatic carbocycles. The molecule has 282 valence electrons. The molecule has 0 saturated carbocycles. The number of pyridine rings is 1. The van der Waals surface area contributed by atoms with Crippen molar-refractivity contribution in [1.82, 2.24) is 24.5 Å². The number of aromatic amines is 1. The van der Waals surface area contributed by atoms with E-state index in [0.29, 0.717) is 59.5 Å². The van der Waals surface area contributed by atoms with Gasteiger partial charge in [0.2, 0.25) is 5.43 Å². The van der Waals surface area contributed by atoms with Crippen LogP contribution in [0.2, 0.25) is 0 Å². The Morgan fingerprint density at radius 3 is 2.61 bits per heavy atom. The molecule has 15 nitrogen and oxygen atoms in total. The maximum absolute atomic E-state index is 16.2. The smallest absolute Gasteiger partial charge is 0.407 e. The first kappa shape index (κ1) is 35.3. The number of carbonyl (C=O) groups excluding carboxylic acids is 2. The number of H-pyrrole nitrogens is 1. The van der Waals surface area contributed by atoms with Crippen LogP contribution in [0.15, 0.2) is 61.4 Å². The number of carbonyl (C=O) groups is 2. The molecule has 8 rings (SSSR count). The van der Waals surface area contributed by atoms with Crippen LogP contribution in [0.1, 0.15) is 44.0 Å². The van der Waals surface area contributed by atoms with Gasteiger partial charge in [-0.05, 0) is 63.5 Å². The zero-order valence-corrected chi connectivity index (χ0v) is 30.1. The van der Waals surface area contributed by atoms with Crippen molar-refractivity contribution in [2.75, 3.05) is 57.8 Å². The largest absolute Gasteiger partial charge is 0.453 e. The van der Waals surface area contributed by atoms with Crippen LogP contribution in [-0.4, -0.2) is 95.3 Å². The second-order valence-electron chi connectivity index (χ2n) is 14.7. The molecule has 54 heavy (non-hydrogen) atoms. The number of nitroso groups, excluding NO2 is 1. The first-order valence-electron chi connectivity index (χ1n) is 18.0. The third-order valence-corrected chi connectivity index (χ3v) is 9.77. The van der Waals surface area contributed by atoms with E-state index in [2.05, 4.69) is 25.7 Å². The molecular formula is C38H40FN7O8. The monoisotopic (exact) mass is 741 g/mol. The standard InChI is InChI=1S/C38H40FN7O8/c1-38(2,3)54-37(49)41-22-7-10-45(19-22)36(48)24-20-46-28-18-30-27(42-26-6-5-21(43-50)15-29(26)52-30)17-31(28)53-35-32(25(39)16-23(33(35)46)34(24)47)40-8-4-9-44-11-13-51-14-12-44/h5-6,15-18,20,22,40,42H,4,7-14,19H2,1-3H3,(H,41,49)/t22-/m0/s1. The average molecular weight is 742 g/mol. The lowest BCUT2D eigenvalue weighted by atomic mass is 10.1. The van der Waals surface area contributed by atoms with E-state index in [1.165, 1.54) is 17.2 Å². The van der Waals surface area contributed by atoms with E-state index in [1.54, 1.807) is 49.4 Å². The molecule has 16 heteroatoms. The first-order chi connectivity index (χ1) is 26.0. The predicted molar refractivity (Wildman–Crippen MR) is 201 cm³/mol. The van der Waals surface area contributed by atoms with Crippen LogP contribution < -0.4 is 16.1 Å². The summed E-state index contributed by atoms with van der Waals surface area (Å²) in [5, 5.41) is 8.98. The van der Waals surface area contributed by atoms with Crippen molar-refractivity contribution in [3.63, 3.8) is 0 Å². The number of benzene rings is 3. The second-order valence-corrected chi connectivity index (χ2v) is 14.7. The van der Waals surface area contributed by atoms with Gasteiger partial charge in [-0.15, -0.1) is 4.91 Å². The molecule has 1 atom stereocenters. The number of ether oxygens (including phenoxy) is 2. The highest BCUT2D eigenvalue weighted by Crippen LogP contribution is 2.36. The lowest BCUT2D eigenvalue weighted by Gasteiger charge is -2.26. The summed E-state index contributed by atoms with van der Waals surface area (Å²) in [6, 6.07) is 8.91. The zero-order valence-electron chi connectivity index (χ0n) is 30.1. The Labute approximate surface area is 306 Å². The van der Waals surface area contributed by atoms with Crippen molar-refractivity contribution in [2.24, 2.45) is 5.18 Å². The molecule has 2 amide bonds. The quantitative estimate of drug-likeness (QED) is 0.0685. The minimum atomic E-state index is -0.698. The molecule has 2 saturated heterocycles. The van der Waals surface area contributed by atoms with Gasteiger partial charge >= 0.3 is 6.09 Å². The molecule has 0 spiro atoms. The van der Waals surface area contributed by atoms with Gasteiger partial charge in [0.15, 0.2) is 28.1 Å². The summed E-state index contributed by atoms with van der Waals surface area (Å²) in [7, 11) is 0. The van der Waals surface area contributed by atoms with Crippen LogP contribution in [-0.2, 0) is 9.47 Å². The van der Waals surface area contributed by atoms with Crippen molar-refractivity contribution in [2.45, 2.75) is 45.3 Å². The number of likely N-dealkylation sites (tertiary alicyclic amines) is 1. The summed E-state index contributed by atoms with van der Waals surface area (Å²) >= 11 is 0. The topological polar surface area (TPSA) is 176 Å². The predicted octanol–water partition coefficient (Wildman–Crippen LogP) is 6.40. The molecule has 0 unspecified atom stereocenters. The van der Waals surface area contributed by atoms with E-state index in [0.717, 1.165) is 32.1 Å². The Hall–Kier alpha value is -5.74. The maximum atomic E-state index is 16.2. The molecule has 2 aliphatic heterocycles. The van der Waals surface area contributed by atoms with Crippen molar-refractivity contribution >= 4 is 73.2 Å². The zero-order chi connectivity index (χ0) is 37.7. The van der Waals surface area contributed by atoms with E-state index in [4.69, 9.17) is 18.3 Å². The van der Waals surface area contributed by atoms with Crippen molar-refractivity contribution < 1.29 is 32.3 Å². The molecule has 3 aromatic heterocycles. The summed E-state index contributed by atoms with van der Waals surface area (Å²) in [6.45, 7) is 10.00. The first-order valence-corrected chi connectivity index (χ1v) is 18.0. The average Bonchev–Trinajstić information content (AvgIpc) is 3.61. The number of morpholine rings is 1. The molecule has 2 aliphatic rings. The number of anilines is 1. The van der Waals surface area contributed by atoms with Gasteiger partial charge in [0.1, 0.15) is 28.1 Å². The number of aromatic nitrogens is 2. The van der Waals surface area contributed by atoms with E-state index >= 15 is 4.39 Å². The van der Waals surface area contributed by atoms with Crippen LogP contribution in [0.3, 0.4) is 0 Å². The Balaban J connectivity index is 1.23. The Morgan fingerprint density at radius 2 is 1.83 bits per heavy atom. The number of amides is 2. The lowest BCUT2D eigenvalue weighted by Crippen LogP contribution is -2.41. The molecule has 3 N–H and O–H groups in total. The van der Waals surface area contributed by atoms with Gasteiger partial charge < -0.3 is 43.2 Å². The maximum Gasteiger partial charge on any atom is 0.407 e. The number of nitrogens with one attached hydrogen (secondary N) is 3. The normalized spacial score (nSPS) is 16.9. The summed E-state index contributed by atoms with van der Waals surface area (Å²) in [5.74, 6) is -1.26. The minimum Gasteiger partial charge on any atom is -0.453 e. The van der Waals surface area contributed by atoms with Crippen LogP contribution in [0, 0.1) is 10.7 Å². The molecule has 6 aromatic rings. The van der Waals surface area contributed by atoms with Gasteiger partial charge in [-0.2, -0.15) is 0 Å². The Morgan fingerprint density at radius 1 is 1.04 bits per heavy atom. The SMILES string of the molecule is CC(C)(C)OC(=O)N[C@H]1CCN(C(=O)c2cn3c4cc5oc6cc(N=O)ccc6[nH]c5cc4oc4c(NCCCN5CCOCC5)c(F)cc(c2=O)c43)C1. The summed E-state index contributed by atoms with van der Waals surface area (Å²) in [6.07, 6.45) is 2.05. The van der Waals surface area contributed by atoms with Crippen LogP contribution in [0.25, 0.3) is 49.8 Å². The number of halogens is 1. The third-order valence-electron chi connectivity index (χ3n) is 9.77. The fourth-order valence-electron chi connectivity index (χ4n) is 7.21. The van der Waals surface area contributed by atoms with Crippen molar-refractivity contribution in [1.29, 1.82) is 0 Å². The second kappa shape index (κ2) is 13.9. The Bertz CT molecular complexity index is 2540. The number of hydrogen-bond donors (Lipinski definition) is 3. The van der Waals surface area contributed by atoms with Crippen LogP contribution >= 0.6 is 0 Å². The van der Waals surface area contributed by atoms with Gasteiger partial charge in [0.05, 0.1) is 41.2 Å². The van der Waals surface area contributed by atoms with Gasteiger partial charge in [0.25, 0.3) is 5.91 Å². The summed E-state index contributed by atoms with van der Waals surface area (Å²) in [5.41, 5.74) is 1.83. The number of hydrogen-bond acceptors (Lipinski definition) is 11. The van der Waals surface area contributed by atoms with E-state index < -0.39 is 28.8 Å². The lowest BCUT2D eigenvalue weighted by molar-refractivity contribution is 0.0378. The van der Waals surface area contributed by atoms with Gasteiger partial charge in [-0.3, -0.25) is 14.5 Å². The molecule has 2 fully saturated rings. The highest BCUT2D eigenvalue weighted by atomic mass is 19.1. The fourth-order valence-corrected chi connectivity index (χ4v) is 7.21. The number of fused-ring (bicyclic) bond motifs is 4. The molecule has 3 aromatic carbocycles. The van der Waals surface area contributed by atoms with Crippen LogP contribution in [0.4, 0.5) is 20.6 Å². The third kappa shape index (κ3) is 6.78. The van der Waals surface area contributed by atoms with Crippen LogP contribution in [0.5, 0.6) is 0 Å². The molecule has 5 heterocycles. The summed E-state index contributed by atoms with van der Waals surface area (Å²) < 4.78 is 41.3. The van der Waals surface area contributed by atoms with E-state index in [9.17, 15) is 19.3 Å². The Kier molecular flexibility index (Phi) is 9.09. The molecule has 0 radical (unpaired) electrons. The van der Waals surface area contributed by atoms with Crippen molar-refractivity contribution in [3.05, 3.63) is 69.1 Å². The number of alkyl carbamates (subject to hydrolysis) is 1. The van der Waals surface area contributed by atoms with Gasteiger partial charge in [0, 0.05) is 57.1 Å².